The molecule has 0 aliphatic carbocycles. The molecule has 0 unspecified atom stereocenters. The number of hydrogen-bond acceptors (Lipinski definition) is 7. The monoisotopic (exact) mass is 574 g/mol. The number of benzene rings is 2. The number of nitrogens with one attached hydrogen (secondary N) is 4. The van der Waals surface area contributed by atoms with E-state index in [4.69, 9.17) is 11.6 Å². The van der Waals surface area contributed by atoms with Crippen LogP contribution in [-0.4, -0.2) is 50.0 Å². The van der Waals surface area contributed by atoms with Crippen molar-refractivity contribution in [2.45, 2.75) is 31.7 Å². The van der Waals surface area contributed by atoms with Crippen molar-refractivity contribution in [2.24, 2.45) is 0 Å². The van der Waals surface area contributed by atoms with Gasteiger partial charge in [0.1, 0.15) is 5.82 Å². The zero-order valence-electron chi connectivity index (χ0n) is 22.1. The summed E-state index contributed by atoms with van der Waals surface area (Å²) in [5.41, 5.74) is 3.71. The molecule has 0 radical (unpaired) electrons. The van der Waals surface area contributed by atoms with E-state index < -0.39 is 12.1 Å². The molecule has 13 heteroatoms. The standard InChI is InChI=1S/C28H27ClN8O4/c1-41-28(40)32-19-8-9-20-22(15-19)34-25(38)5-3-2-4-21(27-30-16-23(20)35-27)33-26(39)11-6-17-14-18(29)7-10-24(17)37-13-12-31-36-37/h6-16,21H,2-5H2,1H3,(H,30,35)(H,32,40)(H,33,39)(H,34,38)/b11-6+/t21-/m0/s1. The molecule has 3 heterocycles. The van der Waals surface area contributed by atoms with Crippen LogP contribution in [-0.2, 0) is 14.3 Å². The van der Waals surface area contributed by atoms with E-state index in [2.05, 4.69) is 41.0 Å². The molecule has 3 amide bonds. The van der Waals surface area contributed by atoms with Gasteiger partial charge in [-0.05, 0) is 55.3 Å². The number of fused-ring (bicyclic) bond motifs is 4. The van der Waals surface area contributed by atoms with Crippen LogP contribution in [0.2, 0.25) is 5.02 Å². The lowest BCUT2D eigenvalue weighted by atomic mass is 10.1. The predicted octanol–water partition coefficient (Wildman–Crippen LogP) is 4.87. The number of H-pyrrole nitrogens is 1. The summed E-state index contributed by atoms with van der Waals surface area (Å²) < 4.78 is 6.25. The van der Waals surface area contributed by atoms with Crippen LogP contribution in [0.1, 0.15) is 43.1 Å². The lowest BCUT2D eigenvalue weighted by molar-refractivity contribution is -0.118. The van der Waals surface area contributed by atoms with Gasteiger partial charge < -0.3 is 20.4 Å². The number of anilines is 2. The van der Waals surface area contributed by atoms with E-state index in [1.54, 1.807) is 65.7 Å². The van der Waals surface area contributed by atoms with Crippen LogP contribution in [0.25, 0.3) is 23.0 Å². The molecule has 1 aliphatic heterocycles. The molecule has 1 aliphatic rings. The maximum absolute atomic E-state index is 13.0. The van der Waals surface area contributed by atoms with Gasteiger partial charge in [-0.25, -0.2) is 14.5 Å². The summed E-state index contributed by atoms with van der Waals surface area (Å²) in [6, 6.07) is 9.98. The van der Waals surface area contributed by atoms with Crippen molar-refractivity contribution in [3.05, 3.63) is 77.5 Å². The maximum atomic E-state index is 13.0. The Labute approximate surface area is 240 Å². The number of hydrogen-bond donors (Lipinski definition) is 4. The van der Waals surface area contributed by atoms with Crippen LogP contribution in [0.15, 0.2) is 61.1 Å². The molecule has 2 bridgehead atoms. The van der Waals surface area contributed by atoms with Gasteiger partial charge in [0.2, 0.25) is 11.8 Å². The lowest BCUT2D eigenvalue weighted by Crippen LogP contribution is -2.28. The highest BCUT2D eigenvalue weighted by Gasteiger charge is 2.20. The van der Waals surface area contributed by atoms with Crippen molar-refractivity contribution in [2.75, 3.05) is 17.7 Å². The van der Waals surface area contributed by atoms with Gasteiger partial charge in [0, 0.05) is 34.3 Å². The zero-order chi connectivity index (χ0) is 28.8. The molecule has 0 saturated carbocycles. The largest absolute Gasteiger partial charge is 0.453 e. The Balaban J connectivity index is 1.38. The minimum absolute atomic E-state index is 0.157. The van der Waals surface area contributed by atoms with E-state index in [9.17, 15) is 14.4 Å². The quantitative estimate of drug-likeness (QED) is 0.248. The summed E-state index contributed by atoms with van der Waals surface area (Å²) in [5, 5.41) is 16.9. The molecule has 0 spiro atoms. The second kappa shape index (κ2) is 12.5. The molecule has 41 heavy (non-hydrogen) atoms. The van der Waals surface area contributed by atoms with E-state index in [1.165, 1.54) is 13.2 Å². The molecule has 12 nitrogen and oxygen atoms in total. The van der Waals surface area contributed by atoms with Crippen molar-refractivity contribution >= 4 is 47.0 Å². The third-order valence-corrected chi connectivity index (χ3v) is 6.71. The van der Waals surface area contributed by atoms with Gasteiger partial charge in [-0.15, -0.1) is 5.10 Å². The smallest absolute Gasteiger partial charge is 0.411 e. The molecule has 2 aromatic heterocycles. The number of amides is 3. The summed E-state index contributed by atoms with van der Waals surface area (Å²) in [4.78, 5) is 45.2. The molecule has 4 aromatic rings. The minimum Gasteiger partial charge on any atom is -0.453 e. The van der Waals surface area contributed by atoms with Gasteiger partial charge in [0.15, 0.2) is 0 Å². The van der Waals surface area contributed by atoms with Crippen LogP contribution < -0.4 is 16.0 Å². The Hall–Kier alpha value is -4.97. The maximum Gasteiger partial charge on any atom is 0.411 e. The van der Waals surface area contributed by atoms with Crippen molar-refractivity contribution in [1.29, 1.82) is 0 Å². The first-order valence-corrected chi connectivity index (χ1v) is 13.3. The van der Waals surface area contributed by atoms with Crippen LogP contribution >= 0.6 is 11.6 Å². The normalized spacial score (nSPS) is 15.3. The molecule has 5 rings (SSSR count). The first-order chi connectivity index (χ1) is 19.9. The highest BCUT2D eigenvalue weighted by atomic mass is 35.5. The van der Waals surface area contributed by atoms with E-state index in [0.29, 0.717) is 64.7 Å². The van der Waals surface area contributed by atoms with Crippen LogP contribution in [0.4, 0.5) is 16.2 Å². The molecular weight excluding hydrogens is 548 g/mol. The van der Waals surface area contributed by atoms with Crippen molar-refractivity contribution in [1.82, 2.24) is 30.3 Å². The fourth-order valence-electron chi connectivity index (χ4n) is 4.49. The van der Waals surface area contributed by atoms with Gasteiger partial charge >= 0.3 is 6.09 Å². The Morgan fingerprint density at radius 3 is 2.88 bits per heavy atom. The number of aromatic amines is 1. The molecular formula is C28H27ClN8O4. The van der Waals surface area contributed by atoms with Gasteiger partial charge in [0.05, 0.1) is 48.8 Å². The zero-order valence-corrected chi connectivity index (χ0v) is 22.8. The van der Waals surface area contributed by atoms with E-state index in [0.717, 1.165) is 5.69 Å². The van der Waals surface area contributed by atoms with Gasteiger partial charge in [-0.2, -0.15) is 0 Å². The minimum atomic E-state index is -0.620. The van der Waals surface area contributed by atoms with Gasteiger partial charge in [-0.3, -0.25) is 14.9 Å². The van der Waals surface area contributed by atoms with Crippen molar-refractivity contribution in [3.63, 3.8) is 0 Å². The molecule has 0 fully saturated rings. The first kappa shape index (κ1) is 27.6. The average Bonchev–Trinajstić information content (AvgIpc) is 3.66. The molecule has 2 aromatic carbocycles. The predicted molar refractivity (Wildman–Crippen MR) is 153 cm³/mol. The van der Waals surface area contributed by atoms with Crippen molar-refractivity contribution < 1.29 is 19.1 Å². The number of carbonyl (C=O) groups is 3. The lowest BCUT2D eigenvalue weighted by Gasteiger charge is -2.17. The Morgan fingerprint density at radius 1 is 1.20 bits per heavy atom. The van der Waals surface area contributed by atoms with Crippen LogP contribution in [0, 0.1) is 0 Å². The Bertz CT molecular complexity index is 1600. The molecule has 210 valence electrons. The fraction of sp³-hybridized carbons (Fsp3) is 0.214. The number of imidazole rings is 1. The highest BCUT2D eigenvalue weighted by molar-refractivity contribution is 6.30. The molecule has 4 N–H and O–H groups in total. The number of methoxy groups -OCH3 is 1. The van der Waals surface area contributed by atoms with Crippen LogP contribution in [0.3, 0.4) is 0 Å². The van der Waals surface area contributed by atoms with Crippen LogP contribution in [0.5, 0.6) is 0 Å². The van der Waals surface area contributed by atoms with E-state index in [1.807, 2.05) is 0 Å². The number of nitrogens with zero attached hydrogens (tertiary/aromatic N) is 4. The number of carbonyl (C=O) groups excluding carboxylic acids is 3. The Kier molecular flexibility index (Phi) is 8.39. The number of rotatable bonds is 5. The number of aromatic nitrogens is 5. The molecule has 0 saturated heterocycles. The summed E-state index contributed by atoms with van der Waals surface area (Å²) in [5.74, 6) is 0.110. The average molecular weight is 575 g/mol. The number of halogens is 1. The van der Waals surface area contributed by atoms with Gasteiger partial charge in [-0.1, -0.05) is 23.2 Å². The molecule has 1 atom stereocenters. The Morgan fingerprint density at radius 2 is 2.07 bits per heavy atom. The summed E-state index contributed by atoms with van der Waals surface area (Å²) in [6.07, 6.45) is 9.57. The summed E-state index contributed by atoms with van der Waals surface area (Å²) in [6.45, 7) is 0. The fourth-order valence-corrected chi connectivity index (χ4v) is 4.67. The second-order valence-electron chi connectivity index (χ2n) is 9.30. The third kappa shape index (κ3) is 6.79. The van der Waals surface area contributed by atoms with E-state index >= 15 is 0 Å². The summed E-state index contributed by atoms with van der Waals surface area (Å²) in [7, 11) is 1.27. The first-order valence-electron chi connectivity index (χ1n) is 12.9. The highest BCUT2D eigenvalue weighted by Crippen LogP contribution is 2.32. The topological polar surface area (TPSA) is 156 Å². The summed E-state index contributed by atoms with van der Waals surface area (Å²) >= 11 is 6.20. The third-order valence-electron chi connectivity index (χ3n) is 6.48. The SMILES string of the molecule is COC(=O)Nc1ccc2c(c1)NC(=O)CCCC[C@H](NC(=O)/C=C/c1cc(Cl)ccc1-n1ccnn1)c1ncc-2[nH]1. The van der Waals surface area contributed by atoms with Crippen molar-refractivity contribution in [3.8, 4) is 16.9 Å². The van der Waals surface area contributed by atoms with E-state index in [-0.39, 0.29) is 11.8 Å². The number of ether oxygens (including phenoxy) is 1. The van der Waals surface area contributed by atoms with Gasteiger partial charge in [0.25, 0.3) is 0 Å². The second-order valence-corrected chi connectivity index (χ2v) is 9.73.